The Hall–Kier alpha value is -2.51. The zero-order valence-electron chi connectivity index (χ0n) is 13.2. The zero-order chi connectivity index (χ0) is 18.8. The van der Waals surface area contributed by atoms with Gasteiger partial charge in [0.15, 0.2) is 11.6 Å². The maximum atomic E-state index is 14.0. The highest BCUT2D eigenvalue weighted by Gasteiger charge is 2.22. The summed E-state index contributed by atoms with van der Waals surface area (Å²) in [5, 5.41) is 20.6. The van der Waals surface area contributed by atoms with Gasteiger partial charge in [0.1, 0.15) is 28.1 Å². The van der Waals surface area contributed by atoms with E-state index in [2.05, 4.69) is 10.3 Å². The number of ether oxygens (including phenoxy) is 1. The summed E-state index contributed by atoms with van der Waals surface area (Å²) in [5.41, 5.74) is 1.44. The highest BCUT2D eigenvalue weighted by Crippen LogP contribution is 2.43. The lowest BCUT2D eigenvalue weighted by Crippen LogP contribution is -2.14. The molecule has 0 spiro atoms. The summed E-state index contributed by atoms with van der Waals surface area (Å²) in [5.74, 6) is -2.10. The van der Waals surface area contributed by atoms with Crippen LogP contribution in [0, 0.1) is 5.95 Å². The van der Waals surface area contributed by atoms with E-state index in [1.807, 2.05) is 12.2 Å². The molecule has 0 unspecified atom stereocenters. The fourth-order valence-corrected chi connectivity index (χ4v) is 3.04. The summed E-state index contributed by atoms with van der Waals surface area (Å²) in [6.07, 6.45) is 4.90. The Bertz CT molecular complexity index is 918. The summed E-state index contributed by atoms with van der Waals surface area (Å²) in [7, 11) is 0. The van der Waals surface area contributed by atoms with E-state index in [0.29, 0.717) is 24.2 Å². The van der Waals surface area contributed by atoms with Gasteiger partial charge in [-0.15, -0.1) is 0 Å². The summed E-state index contributed by atoms with van der Waals surface area (Å²) in [6.45, 7) is -0.507. The molecule has 0 fully saturated rings. The van der Waals surface area contributed by atoms with E-state index in [9.17, 15) is 14.3 Å². The Kier molecular flexibility index (Phi) is 5.20. The van der Waals surface area contributed by atoms with Crippen LogP contribution in [0.5, 0.6) is 17.2 Å². The fraction of sp³-hybridized carbons (Fsp3) is 0.176. The number of halogens is 3. The van der Waals surface area contributed by atoms with Gasteiger partial charge in [-0.2, -0.15) is 9.37 Å². The van der Waals surface area contributed by atoms with Crippen LogP contribution in [0.1, 0.15) is 11.1 Å². The summed E-state index contributed by atoms with van der Waals surface area (Å²) in [4.78, 5) is 14.2. The number of aromatic hydroxyl groups is 1. The number of anilines is 1. The van der Waals surface area contributed by atoms with E-state index in [-0.39, 0.29) is 22.3 Å². The SMILES string of the molecule is O=C(O)CNc1nc(F)c(Cl)c(Oc2ccc(O)c3c2CC=CC3)c1Cl. The summed E-state index contributed by atoms with van der Waals surface area (Å²) >= 11 is 12.1. The van der Waals surface area contributed by atoms with Crippen LogP contribution < -0.4 is 10.1 Å². The molecule has 26 heavy (non-hydrogen) atoms. The quantitative estimate of drug-likeness (QED) is 0.516. The van der Waals surface area contributed by atoms with Gasteiger partial charge in [-0.25, -0.2) is 0 Å². The van der Waals surface area contributed by atoms with Crippen molar-refractivity contribution in [2.24, 2.45) is 0 Å². The molecule has 0 bridgehead atoms. The molecule has 2 aromatic rings. The van der Waals surface area contributed by atoms with Gasteiger partial charge in [0, 0.05) is 11.1 Å². The molecule has 0 saturated carbocycles. The third kappa shape index (κ3) is 3.54. The molecule has 0 radical (unpaired) electrons. The van der Waals surface area contributed by atoms with Crippen molar-refractivity contribution < 1.29 is 24.1 Å². The Morgan fingerprint density at radius 2 is 1.92 bits per heavy atom. The van der Waals surface area contributed by atoms with Crippen molar-refractivity contribution in [3.63, 3.8) is 0 Å². The number of nitrogens with one attached hydrogen (secondary N) is 1. The van der Waals surface area contributed by atoms with E-state index in [4.69, 9.17) is 33.0 Å². The topological polar surface area (TPSA) is 91.7 Å². The van der Waals surface area contributed by atoms with E-state index >= 15 is 0 Å². The molecule has 3 rings (SSSR count). The van der Waals surface area contributed by atoms with Crippen LogP contribution in [-0.4, -0.2) is 27.7 Å². The summed E-state index contributed by atoms with van der Waals surface area (Å²) in [6, 6.07) is 3.00. The number of hydrogen-bond donors (Lipinski definition) is 3. The van der Waals surface area contributed by atoms with E-state index in [0.717, 1.165) is 5.56 Å². The van der Waals surface area contributed by atoms with Gasteiger partial charge < -0.3 is 20.3 Å². The lowest BCUT2D eigenvalue weighted by atomic mass is 9.95. The molecule has 1 aliphatic rings. The number of carbonyl (C=O) groups is 1. The monoisotopic (exact) mass is 398 g/mol. The third-order valence-corrected chi connectivity index (χ3v) is 4.47. The standard InChI is InChI=1S/C17H13Cl2FN2O4/c18-13-15(14(19)17(22-16(13)20)21-7-12(24)25)26-11-6-5-10(23)8-3-1-2-4-9(8)11/h1-2,5-6,23H,3-4,7H2,(H,21,22)(H,24,25). The van der Waals surface area contributed by atoms with Crippen LogP contribution in [0.15, 0.2) is 24.3 Å². The van der Waals surface area contributed by atoms with Crippen molar-refractivity contribution in [3.05, 3.63) is 51.4 Å². The molecule has 1 heterocycles. The molecule has 9 heteroatoms. The second-order valence-electron chi connectivity index (χ2n) is 5.48. The van der Waals surface area contributed by atoms with E-state index in [1.54, 1.807) is 0 Å². The first-order valence-electron chi connectivity index (χ1n) is 7.55. The number of aliphatic carboxylic acids is 1. The van der Waals surface area contributed by atoms with Crippen molar-refractivity contribution in [2.45, 2.75) is 12.8 Å². The number of carboxylic acids is 1. The second-order valence-corrected chi connectivity index (χ2v) is 6.23. The van der Waals surface area contributed by atoms with Crippen LogP contribution >= 0.6 is 23.2 Å². The number of hydrogen-bond acceptors (Lipinski definition) is 5. The van der Waals surface area contributed by atoms with Gasteiger partial charge >= 0.3 is 5.97 Å². The van der Waals surface area contributed by atoms with Gasteiger partial charge in [-0.05, 0) is 25.0 Å². The van der Waals surface area contributed by atoms with Gasteiger partial charge in [-0.3, -0.25) is 4.79 Å². The average Bonchev–Trinajstić information content (AvgIpc) is 2.62. The predicted molar refractivity (Wildman–Crippen MR) is 95.1 cm³/mol. The number of phenolic OH excluding ortho intramolecular Hbond substituents is 1. The predicted octanol–water partition coefficient (Wildman–Crippen LogP) is 4.18. The Balaban J connectivity index is 2.02. The molecular formula is C17H13Cl2FN2O4. The molecule has 3 N–H and O–H groups in total. The van der Waals surface area contributed by atoms with Gasteiger partial charge in [0.2, 0.25) is 5.95 Å². The van der Waals surface area contributed by atoms with Crippen LogP contribution in [-0.2, 0) is 17.6 Å². The van der Waals surface area contributed by atoms with Crippen molar-refractivity contribution in [1.82, 2.24) is 4.98 Å². The lowest BCUT2D eigenvalue weighted by molar-refractivity contribution is -0.134. The molecule has 6 nitrogen and oxygen atoms in total. The molecule has 1 aromatic carbocycles. The number of rotatable bonds is 5. The number of carboxylic acid groups (broad SMARTS) is 1. The van der Waals surface area contributed by atoms with Gasteiger partial charge in [0.25, 0.3) is 0 Å². The van der Waals surface area contributed by atoms with Gasteiger partial charge in [0.05, 0.1) is 0 Å². The average molecular weight is 399 g/mol. The molecule has 0 aliphatic heterocycles. The highest BCUT2D eigenvalue weighted by molar-refractivity contribution is 6.38. The minimum absolute atomic E-state index is 0.138. The fourth-order valence-electron chi connectivity index (χ4n) is 2.58. The zero-order valence-corrected chi connectivity index (χ0v) is 14.7. The second kappa shape index (κ2) is 7.39. The van der Waals surface area contributed by atoms with Crippen molar-refractivity contribution in [3.8, 4) is 17.2 Å². The third-order valence-electron chi connectivity index (χ3n) is 3.79. The molecule has 0 amide bonds. The largest absolute Gasteiger partial charge is 0.508 e. The highest BCUT2D eigenvalue weighted by atomic mass is 35.5. The molecule has 1 aromatic heterocycles. The van der Waals surface area contributed by atoms with Gasteiger partial charge in [-0.1, -0.05) is 35.4 Å². The van der Waals surface area contributed by atoms with Crippen LogP contribution in [0.4, 0.5) is 10.2 Å². The molecular weight excluding hydrogens is 386 g/mol. The number of benzene rings is 1. The first-order chi connectivity index (χ1) is 12.4. The first-order valence-corrected chi connectivity index (χ1v) is 8.30. The maximum Gasteiger partial charge on any atom is 0.322 e. The number of fused-ring (bicyclic) bond motifs is 1. The normalized spacial score (nSPS) is 12.6. The number of nitrogens with zero attached hydrogens (tertiary/aromatic N) is 1. The minimum Gasteiger partial charge on any atom is -0.508 e. The molecule has 0 saturated heterocycles. The van der Waals surface area contributed by atoms with Crippen LogP contribution in [0.2, 0.25) is 10.0 Å². The van der Waals surface area contributed by atoms with Crippen LogP contribution in [0.25, 0.3) is 0 Å². The Morgan fingerprint density at radius 3 is 2.62 bits per heavy atom. The lowest BCUT2D eigenvalue weighted by Gasteiger charge is -2.19. The first kappa shape index (κ1) is 18.3. The number of pyridine rings is 1. The Labute approximate surface area is 157 Å². The van der Waals surface area contributed by atoms with E-state index < -0.39 is 23.5 Å². The van der Waals surface area contributed by atoms with E-state index in [1.165, 1.54) is 12.1 Å². The molecule has 136 valence electrons. The van der Waals surface area contributed by atoms with Crippen molar-refractivity contribution in [1.29, 1.82) is 0 Å². The maximum absolute atomic E-state index is 14.0. The van der Waals surface area contributed by atoms with Crippen molar-refractivity contribution in [2.75, 3.05) is 11.9 Å². The summed E-state index contributed by atoms with van der Waals surface area (Å²) < 4.78 is 19.8. The number of allylic oxidation sites excluding steroid dienone is 2. The number of phenols is 1. The Morgan fingerprint density at radius 1 is 1.23 bits per heavy atom. The minimum atomic E-state index is -1.17. The number of aromatic nitrogens is 1. The molecule has 1 aliphatic carbocycles. The van der Waals surface area contributed by atoms with Crippen LogP contribution in [0.3, 0.4) is 0 Å². The van der Waals surface area contributed by atoms with Crippen molar-refractivity contribution >= 4 is 35.0 Å². The smallest absolute Gasteiger partial charge is 0.322 e. The molecule has 0 atom stereocenters.